The highest BCUT2D eigenvalue weighted by atomic mass is 16.5. The molecular formula is C28H28N6O3. The van der Waals surface area contributed by atoms with Crippen LogP contribution in [0.1, 0.15) is 42.0 Å². The van der Waals surface area contributed by atoms with Crippen LogP contribution < -0.4 is 10.2 Å². The maximum atomic E-state index is 13.5. The van der Waals surface area contributed by atoms with Crippen LogP contribution in [0.4, 0.5) is 11.5 Å². The van der Waals surface area contributed by atoms with Gasteiger partial charge in [-0.2, -0.15) is 5.26 Å². The Morgan fingerprint density at radius 2 is 1.92 bits per heavy atom. The summed E-state index contributed by atoms with van der Waals surface area (Å²) in [5.74, 6) is 0.601. The first-order chi connectivity index (χ1) is 17.9. The number of nitrogens with one attached hydrogen (secondary N) is 1. The van der Waals surface area contributed by atoms with Crippen LogP contribution in [-0.4, -0.2) is 39.1 Å². The highest BCUT2D eigenvalue weighted by Crippen LogP contribution is 2.21. The molecule has 0 aliphatic carbocycles. The molecule has 0 bridgehead atoms. The van der Waals surface area contributed by atoms with Gasteiger partial charge in [0.05, 0.1) is 41.7 Å². The van der Waals surface area contributed by atoms with Gasteiger partial charge >= 0.3 is 5.97 Å². The number of esters is 1. The first-order valence-electron chi connectivity index (χ1n) is 12.0. The molecule has 0 atom stereocenters. The van der Waals surface area contributed by atoms with Gasteiger partial charge in [-0.15, -0.1) is 0 Å². The van der Waals surface area contributed by atoms with Crippen molar-refractivity contribution in [2.75, 3.05) is 16.8 Å². The summed E-state index contributed by atoms with van der Waals surface area (Å²) >= 11 is 0. The molecule has 2 aromatic carbocycles. The third-order valence-electron chi connectivity index (χ3n) is 5.76. The number of carbonyl (C=O) groups excluding carboxylic acids is 2. The highest BCUT2D eigenvalue weighted by molar-refractivity contribution is 6.07. The Kier molecular flexibility index (Phi) is 7.79. The molecule has 4 rings (SSSR count). The van der Waals surface area contributed by atoms with Crippen molar-refractivity contribution in [2.45, 2.75) is 32.9 Å². The van der Waals surface area contributed by atoms with E-state index in [1.807, 2.05) is 29.8 Å². The predicted molar refractivity (Wildman–Crippen MR) is 141 cm³/mol. The van der Waals surface area contributed by atoms with E-state index in [2.05, 4.69) is 16.4 Å². The summed E-state index contributed by atoms with van der Waals surface area (Å²) in [5, 5.41) is 12.3. The molecule has 0 aliphatic heterocycles. The molecule has 37 heavy (non-hydrogen) atoms. The lowest BCUT2D eigenvalue weighted by Gasteiger charge is -2.21. The first kappa shape index (κ1) is 25.4. The molecule has 2 aromatic heterocycles. The van der Waals surface area contributed by atoms with E-state index in [-0.39, 0.29) is 30.9 Å². The second-order valence-corrected chi connectivity index (χ2v) is 8.77. The van der Waals surface area contributed by atoms with Crippen LogP contribution in [0, 0.1) is 11.3 Å². The Hall–Kier alpha value is -4.71. The number of rotatable bonds is 9. The average molecular weight is 497 g/mol. The number of benzene rings is 2. The topological polar surface area (TPSA) is 113 Å². The van der Waals surface area contributed by atoms with Gasteiger partial charge in [0.25, 0.3) is 5.91 Å². The molecule has 1 amide bonds. The van der Waals surface area contributed by atoms with Crippen molar-refractivity contribution < 1.29 is 14.3 Å². The molecule has 0 unspecified atom stereocenters. The molecule has 0 fully saturated rings. The number of hydrogen-bond acceptors (Lipinski definition) is 7. The lowest BCUT2D eigenvalue weighted by Crippen LogP contribution is -2.34. The molecule has 0 aliphatic rings. The van der Waals surface area contributed by atoms with Gasteiger partial charge in [-0.05, 0) is 68.4 Å². The summed E-state index contributed by atoms with van der Waals surface area (Å²) in [6.45, 7) is 4.19. The number of ether oxygens (including phenoxy) is 1. The van der Waals surface area contributed by atoms with Gasteiger partial charge < -0.3 is 14.6 Å². The van der Waals surface area contributed by atoms with Crippen molar-refractivity contribution in [3.8, 4) is 6.07 Å². The van der Waals surface area contributed by atoms with E-state index in [4.69, 9.17) is 15.0 Å². The second-order valence-electron chi connectivity index (χ2n) is 8.77. The minimum absolute atomic E-state index is 0.0531. The fourth-order valence-corrected chi connectivity index (χ4v) is 3.90. The molecule has 0 radical (unpaired) electrons. The molecule has 9 nitrogen and oxygen atoms in total. The van der Waals surface area contributed by atoms with Crippen molar-refractivity contribution in [1.29, 1.82) is 5.26 Å². The molecule has 0 spiro atoms. The summed E-state index contributed by atoms with van der Waals surface area (Å²) in [7, 11) is 1.92. The highest BCUT2D eigenvalue weighted by Gasteiger charge is 2.21. The van der Waals surface area contributed by atoms with Crippen LogP contribution in [0.3, 0.4) is 0 Å². The fraction of sp³-hybridized carbons (Fsp3) is 0.250. The third-order valence-corrected chi connectivity index (χ3v) is 5.76. The van der Waals surface area contributed by atoms with E-state index in [1.54, 1.807) is 62.5 Å². The van der Waals surface area contributed by atoms with Crippen LogP contribution >= 0.6 is 0 Å². The largest absolute Gasteiger partial charge is 0.463 e. The molecular weight excluding hydrogens is 468 g/mol. The van der Waals surface area contributed by atoms with E-state index in [0.717, 1.165) is 17.0 Å². The number of imidazole rings is 1. The Morgan fingerprint density at radius 3 is 2.59 bits per heavy atom. The average Bonchev–Trinajstić information content (AvgIpc) is 3.22. The Morgan fingerprint density at radius 1 is 1.14 bits per heavy atom. The van der Waals surface area contributed by atoms with Gasteiger partial charge in [0.1, 0.15) is 11.6 Å². The molecule has 4 aromatic rings. The van der Waals surface area contributed by atoms with Gasteiger partial charge in [0, 0.05) is 31.0 Å². The SMILES string of the molecule is CC(C)OC(=O)CCN(C(=O)c1ccc2c(c1)nc(CNc1ccc(C#N)cc1)n2C)c1ccccn1. The molecule has 0 saturated heterocycles. The van der Waals surface area contributed by atoms with E-state index in [0.29, 0.717) is 29.0 Å². The second kappa shape index (κ2) is 11.4. The quantitative estimate of drug-likeness (QED) is 0.341. The number of aryl methyl sites for hydroxylation is 1. The number of carbonyl (C=O) groups is 2. The van der Waals surface area contributed by atoms with Crippen LogP contribution in [0.5, 0.6) is 0 Å². The van der Waals surface area contributed by atoms with Gasteiger partial charge in [-0.1, -0.05) is 6.07 Å². The zero-order valence-electron chi connectivity index (χ0n) is 21.0. The Labute approximate surface area is 215 Å². The molecule has 1 N–H and O–H groups in total. The Bertz CT molecular complexity index is 1440. The van der Waals surface area contributed by atoms with Crippen molar-refractivity contribution in [3.05, 3.63) is 83.8 Å². The fourth-order valence-electron chi connectivity index (χ4n) is 3.90. The van der Waals surface area contributed by atoms with Crippen LogP contribution in [-0.2, 0) is 23.1 Å². The zero-order valence-corrected chi connectivity index (χ0v) is 21.0. The van der Waals surface area contributed by atoms with E-state index in [1.165, 1.54) is 4.90 Å². The molecule has 9 heteroatoms. The van der Waals surface area contributed by atoms with Crippen LogP contribution in [0.25, 0.3) is 11.0 Å². The number of hydrogen-bond donors (Lipinski definition) is 1. The van der Waals surface area contributed by atoms with Crippen molar-refractivity contribution in [1.82, 2.24) is 14.5 Å². The molecule has 0 saturated carbocycles. The van der Waals surface area contributed by atoms with Gasteiger partial charge in [0.15, 0.2) is 0 Å². The maximum Gasteiger partial charge on any atom is 0.307 e. The molecule has 188 valence electrons. The lowest BCUT2D eigenvalue weighted by atomic mass is 10.1. The number of pyridine rings is 1. The summed E-state index contributed by atoms with van der Waals surface area (Å²) in [6.07, 6.45) is 1.44. The first-order valence-corrected chi connectivity index (χ1v) is 12.0. The van der Waals surface area contributed by atoms with E-state index < -0.39 is 0 Å². The van der Waals surface area contributed by atoms with Gasteiger partial charge in [-0.3, -0.25) is 14.5 Å². The number of anilines is 2. The minimum Gasteiger partial charge on any atom is -0.463 e. The molecule has 2 heterocycles. The summed E-state index contributed by atoms with van der Waals surface area (Å²) in [5.41, 5.74) is 3.49. The number of nitrogens with zero attached hydrogens (tertiary/aromatic N) is 5. The van der Waals surface area contributed by atoms with Crippen LogP contribution in [0.15, 0.2) is 66.9 Å². The maximum absolute atomic E-state index is 13.5. The van der Waals surface area contributed by atoms with Crippen molar-refractivity contribution in [3.63, 3.8) is 0 Å². The zero-order chi connectivity index (χ0) is 26.4. The van der Waals surface area contributed by atoms with Gasteiger partial charge in [0.2, 0.25) is 0 Å². The summed E-state index contributed by atoms with van der Waals surface area (Å²) in [6, 6.07) is 20.0. The number of fused-ring (bicyclic) bond motifs is 1. The van der Waals surface area contributed by atoms with E-state index in [9.17, 15) is 9.59 Å². The number of nitriles is 1. The summed E-state index contributed by atoms with van der Waals surface area (Å²) < 4.78 is 7.20. The lowest BCUT2D eigenvalue weighted by molar-refractivity contribution is -0.147. The standard InChI is InChI=1S/C28H28N6O3/c1-19(2)37-27(35)13-15-34(25-6-4-5-14-30-25)28(36)21-9-12-24-23(16-21)32-26(33(24)3)18-31-22-10-7-20(17-29)8-11-22/h4-12,14,16,19,31H,13,15,18H2,1-3H3. The number of amides is 1. The van der Waals surface area contributed by atoms with Crippen LogP contribution in [0.2, 0.25) is 0 Å². The van der Waals surface area contributed by atoms with Gasteiger partial charge in [-0.25, -0.2) is 9.97 Å². The van der Waals surface area contributed by atoms with Crippen molar-refractivity contribution in [2.24, 2.45) is 7.05 Å². The minimum atomic E-state index is -0.372. The number of aromatic nitrogens is 3. The monoisotopic (exact) mass is 496 g/mol. The predicted octanol–water partition coefficient (Wildman–Crippen LogP) is 4.44. The normalized spacial score (nSPS) is 10.8. The summed E-state index contributed by atoms with van der Waals surface area (Å²) in [4.78, 5) is 36.2. The Balaban J connectivity index is 1.54. The smallest absolute Gasteiger partial charge is 0.307 e. The van der Waals surface area contributed by atoms with E-state index >= 15 is 0 Å². The third kappa shape index (κ3) is 6.11. The van der Waals surface area contributed by atoms with Crippen molar-refractivity contribution >= 4 is 34.4 Å².